The zero-order chi connectivity index (χ0) is 24.5. The van der Waals surface area contributed by atoms with Crippen LogP contribution in [0.3, 0.4) is 0 Å². The molecule has 7 nitrogen and oxygen atoms in total. The number of nitrogens with zero attached hydrogens (tertiary/aromatic N) is 2. The van der Waals surface area contributed by atoms with E-state index < -0.39 is 31.9 Å². The number of hydrogen-bond acceptors (Lipinski definition) is 5. The number of benzene rings is 3. The van der Waals surface area contributed by atoms with Crippen LogP contribution in [0, 0.1) is 12.7 Å². The highest BCUT2D eigenvalue weighted by Crippen LogP contribution is 2.38. The molecule has 1 heterocycles. The highest BCUT2D eigenvalue weighted by atomic mass is 32.2. The van der Waals surface area contributed by atoms with Crippen molar-refractivity contribution in [3.63, 3.8) is 0 Å². The second-order valence-corrected chi connectivity index (χ2v) is 11.8. The third kappa shape index (κ3) is 4.83. The number of halogens is 1. The number of hydrazone groups is 1. The summed E-state index contributed by atoms with van der Waals surface area (Å²) in [6, 6.07) is 18.3. The van der Waals surface area contributed by atoms with E-state index in [4.69, 9.17) is 0 Å². The molecular formula is C24H24FN3O4S2. The Morgan fingerprint density at radius 3 is 2.44 bits per heavy atom. The molecule has 0 unspecified atom stereocenters. The predicted molar refractivity (Wildman–Crippen MR) is 130 cm³/mol. The maximum atomic E-state index is 13.8. The lowest BCUT2D eigenvalue weighted by Gasteiger charge is -2.24. The fourth-order valence-electron chi connectivity index (χ4n) is 3.83. The van der Waals surface area contributed by atoms with Crippen molar-refractivity contribution >= 4 is 31.4 Å². The van der Waals surface area contributed by atoms with Crippen LogP contribution in [0.2, 0.25) is 0 Å². The topological polar surface area (TPSA) is 95.9 Å². The molecular weight excluding hydrogens is 477 g/mol. The number of anilines is 1. The monoisotopic (exact) mass is 501 g/mol. The standard InChI is InChI=1S/C24H24FN3O4S2/c1-3-33(29,30)27-20-11-6-9-18(14-20)23-16-24(22-13-5-4-8-17(22)2)28(26-23)34(31,32)21-12-7-10-19(25)15-21/h4-15,24,27H,3,16H2,1-2H3/t24-/m1/s1. The van der Waals surface area contributed by atoms with Gasteiger partial charge in [-0.05, 0) is 60.9 Å². The van der Waals surface area contributed by atoms with E-state index in [1.165, 1.54) is 25.1 Å². The van der Waals surface area contributed by atoms with Gasteiger partial charge in [-0.2, -0.15) is 17.9 Å². The second-order valence-electron chi connectivity index (χ2n) is 7.94. The highest BCUT2D eigenvalue weighted by Gasteiger charge is 2.38. The SMILES string of the molecule is CCS(=O)(=O)Nc1cccc(C2=NN(S(=O)(=O)c3cccc(F)c3)[C@@H](c3ccccc3C)C2)c1. The Labute approximate surface area is 199 Å². The van der Waals surface area contributed by atoms with Gasteiger partial charge in [-0.15, -0.1) is 0 Å². The summed E-state index contributed by atoms with van der Waals surface area (Å²) in [7, 11) is -7.64. The number of aryl methyl sites for hydroxylation is 1. The summed E-state index contributed by atoms with van der Waals surface area (Å²) >= 11 is 0. The summed E-state index contributed by atoms with van der Waals surface area (Å²) in [5.41, 5.74) is 3.11. The Bertz CT molecular complexity index is 1470. The number of nitrogens with one attached hydrogen (secondary N) is 1. The highest BCUT2D eigenvalue weighted by molar-refractivity contribution is 7.92. The van der Waals surface area contributed by atoms with E-state index in [1.807, 2.05) is 31.2 Å². The van der Waals surface area contributed by atoms with Gasteiger partial charge in [0.15, 0.2) is 0 Å². The molecule has 0 spiro atoms. The molecule has 1 aliphatic rings. The van der Waals surface area contributed by atoms with Crippen molar-refractivity contribution in [1.82, 2.24) is 4.41 Å². The maximum Gasteiger partial charge on any atom is 0.279 e. The summed E-state index contributed by atoms with van der Waals surface area (Å²) in [5.74, 6) is -0.736. The maximum absolute atomic E-state index is 13.8. The van der Waals surface area contributed by atoms with Gasteiger partial charge in [-0.25, -0.2) is 12.8 Å². The molecule has 34 heavy (non-hydrogen) atoms. The van der Waals surface area contributed by atoms with E-state index >= 15 is 0 Å². The molecule has 4 rings (SSSR count). The van der Waals surface area contributed by atoms with Gasteiger partial charge >= 0.3 is 0 Å². The van der Waals surface area contributed by atoms with Crippen molar-refractivity contribution in [3.05, 3.63) is 95.3 Å². The van der Waals surface area contributed by atoms with E-state index in [1.54, 1.807) is 24.3 Å². The van der Waals surface area contributed by atoms with E-state index in [2.05, 4.69) is 9.82 Å². The normalized spacial score (nSPS) is 16.4. The second kappa shape index (κ2) is 9.19. The van der Waals surface area contributed by atoms with Gasteiger partial charge in [0.05, 0.1) is 22.4 Å². The van der Waals surface area contributed by atoms with Crippen molar-refractivity contribution in [3.8, 4) is 0 Å². The Morgan fingerprint density at radius 1 is 1.00 bits per heavy atom. The molecule has 0 bridgehead atoms. The molecule has 178 valence electrons. The summed E-state index contributed by atoms with van der Waals surface area (Å²) in [6.45, 7) is 3.43. The van der Waals surface area contributed by atoms with Gasteiger partial charge in [0, 0.05) is 12.1 Å². The number of rotatable bonds is 7. The molecule has 3 aromatic rings. The minimum Gasteiger partial charge on any atom is -0.284 e. The minimum atomic E-state index is -4.16. The summed E-state index contributed by atoms with van der Waals surface area (Å²) < 4.78 is 68.4. The van der Waals surface area contributed by atoms with Crippen LogP contribution >= 0.6 is 0 Å². The summed E-state index contributed by atoms with van der Waals surface area (Å²) in [4.78, 5) is -0.194. The van der Waals surface area contributed by atoms with Crippen molar-refractivity contribution in [1.29, 1.82) is 0 Å². The molecule has 1 atom stereocenters. The quantitative estimate of drug-likeness (QED) is 0.518. The van der Waals surface area contributed by atoms with Gasteiger partial charge < -0.3 is 0 Å². The van der Waals surface area contributed by atoms with Crippen LogP contribution in [0.4, 0.5) is 10.1 Å². The lowest BCUT2D eigenvalue weighted by Crippen LogP contribution is -2.27. The number of sulfonamides is 2. The molecule has 0 fully saturated rings. The zero-order valence-electron chi connectivity index (χ0n) is 18.6. The fourth-order valence-corrected chi connectivity index (χ4v) is 5.91. The Balaban J connectivity index is 1.79. The Hall–Kier alpha value is -3.24. The van der Waals surface area contributed by atoms with Gasteiger partial charge in [-0.1, -0.05) is 42.5 Å². The van der Waals surface area contributed by atoms with Gasteiger partial charge in [0.2, 0.25) is 10.0 Å². The largest absolute Gasteiger partial charge is 0.284 e. The molecule has 3 aromatic carbocycles. The smallest absolute Gasteiger partial charge is 0.279 e. The van der Waals surface area contributed by atoms with Gasteiger partial charge in [-0.3, -0.25) is 4.72 Å². The lowest BCUT2D eigenvalue weighted by molar-refractivity contribution is 0.370. The molecule has 0 amide bonds. The van der Waals surface area contributed by atoms with E-state index in [0.29, 0.717) is 17.0 Å². The molecule has 0 aromatic heterocycles. The Kier molecular flexibility index (Phi) is 6.46. The molecule has 1 N–H and O–H groups in total. The third-order valence-corrected chi connectivity index (χ3v) is 8.59. The van der Waals surface area contributed by atoms with E-state index in [9.17, 15) is 21.2 Å². The molecule has 10 heteroatoms. The fraction of sp³-hybridized carbons (Fsp3) is 0.208. The molecule has 0 aliphatic carbocycles. The van der Waals surface area contributed by atoms with E-state index in [-0.39, 0.29) is 17.1 Å². The average Bonchev–Trinajstić information content (AvgIpc) is 3.25. The van der Waals surface area contributed by atoms with Crippen molar-refractivity contribution in [2.24, 2.45) is 5.10 Å². The van der Waals surface area contributed by atoms with Gasteiger partial charge in [0.1, 0.15) is 5.82 Å². The van der Waals surface area contributed by atoms with Crippen LogP contribution in [-0.4, -0.2) is 32.7 Å². The predicted octanol–water partition coefficient (Wildman–Crippen LogP) is 4.44. The first-order valence-corrected chi connectivity index (χ1v) is 13.7. The average molecular weight is 502 g/mol. The Morgan fingerprint density at radius 2 is 1.74 bits per heavy atom. The van der Waals surface area contributed by atoms with Crippen LogP contribution in [-0.2, 0) is 20.0 Å². The lowest BCUT2D eigenvalue weighted by atomic mass is 9.96. The molecule has 1 aliphatic heterocycles. The van der Waals surface area contributed by atoms with Crippen LogP contribution < -0.4 is 4.72 Å². The zero-order valence-corrected chi connectivity index (χ0v) is 20.3. The van der Waals surface area contributed by atoms with Crippen molar-refractivity contribution in [2.45, 2.75) is 31.2 Å². The van der Waals surface area contributed by atoms with Crippen LogP contribution in [0.1, 0.15) is 36.1 Å². The van der Waals surface area contributed by atoms with Crippen molar-refractivity contribution in [2.75, 3.05) is 10.5 Å². The first-order valence-electron chi connectivity index (χ1n) is 10.6. The first-order chi connectivity index (χ1) is 16.1. The minimum absolute atomic E-state index is 0.0762. The van der Waals surface area contributed by atoms with E-state index in [0.717, 1.165) is 21.6 Å². The van der Waals surface area contributed by atoms with Crippen LogP contribution in [0.25, 0.3) is 0 Å². The number of hydrogen-bond donors (Lipinski definition) is 1. The van der Waals surface area contributed by atoms with Crippen LogP contribution in [0.5, 0.6) is 0 Å². The summed E-state index contributed by atoms with van der Waals surface area (Å²) in [5, 5.41) is 4.46. The van der Waals surface area contributed by atoms with Crippen molar-refractivity contribution < 1.29 is 21.2 Å². The van der Waals surface area contributed by atoms with Crippen LogP contribution in [0.15, 0.2) is 82.8 Å². The summed E-state index contributed by atoms with van der Waals surface area (Å²) in [6.07, 6.45) is 0.267. The molecule has 0 saturated heterocycles. The van der Waals surface area contributed by atoms with Gasteiger partial charge in [0.25, 0.3) is 10.0 Å². The molecule has 0 saturated carbocycles. The third-order valence-electron chi connectivity index (χ3n) is 5.61. The first kappa shape index (κ1) is 23.9. The molecule has 0 radical (unpaired) electrons.